The van der Waals surface area contributed by atoms with Gasteiger partial charge in [-0.3, -0.25) is 14.5 Å². The lowest BCUT2D eigenvalue weighted by Gasteiger charge is -2.29. The fourth-order valence-corrected chi connectivity index (χ4v) is 5.43. The predicted octanol–water partition coefficient (Wildman–Crippen LogP) is 2.48. The molecule has 0 aromatic carbocycles. The summed E-state index contributed by atoms with van der Waals surface area (Å²) in [5.41, 5.74) is 1.55. The maximum Gasteiger partial charge on any atom is 0.341 e. The van der Waals surface area contributed by atoms with Crippen molar-refractivity contribution in [2.75, 3.05) is 39.2 Å². The Bertz CT molecular complexity index is 752. The third-order valence-electron chi connectivity index (χ3n) is 5.64. The number of amides is 1. The number of ether oxygens (including phenoxy) is 2. The zero-order valence-electron chi connectivity index (χ0n) is 16.7. The fourth-order valence-electron chi connectivity index (χ4n) is 4.02. The minimum absolute atomic E-state index is 0.0822. The Hall–Kier alpha value is -1.93. The van der Waals surface area contributed by atoms with Crippen LogP contribution in [-0.4, -0.2) is 56.6 Å². The van der Waals surface area contributed by atoms with Crippen LogP contribution in [0.15, 0.2) is 0 Å². The number of hydrogen-bond acceptors (Lipinski definition) is 7. The van der Waals surface area contributed by atoms with Crippen molar-refractivity contribution in [3.63, 3.8) is 0 Å². The Morgan fingerprint density at radius 3 is 2.50 bits per heavy atom. The number of piperidine rings is 1. The number of nitrogens with one attached hydrogen (secondary N) is 1. The Balaban J connectivity index is 1.64. The Morgan fingerprint density at radius 1 is 1.14 bits per heavy atom. The second-order valence-electron chi connectivity index (χ2n) is 7.67. The van der Waals surface area contributed by atoms with E-state index in [1.54, 1.807) is 0 Å². The van der Waals surface area contributed by atoms with Crippen molar-refractivity contribution >= 4 is 34.2 Å². The molecule has 0 unspecified atom stereocenters. The normalized spacial score (nSPS) is 20.3. The van der Waals surface area contributed by atoms with Crippen LogP contribution in [0.4, 0.5) is 5.00 Å². The molecular formula is C20H28N2O5S. The average molecular weight is 409 g/mol. The summed E-state index contributed by atoms with van der Waals surface area (Å²) >= 11 is 1.49. The first-order valence-electron chi connectivity index (χ1n) is 9.75. The Kier molecular flexibility index (Phi) is 6.72. The predicted molar refractivity (Wildman–Crippen MR) is 107 cm³/mol. The third kappa shape index (κ3) is 4.55. The Morgan fingerprint density at radius 2 is 1.86 bits per heavy atom. The molecule has 1 N–H and O–H groups in total. The van der Waals surface area contributed by atoms with E-state index in [0.29, 0.717) is 42.4 Å². The number of fused-ring (bicyclic) bond motifs is 1. The number of carbonyl (C=O) groups excluding carboxylic acids is 3. The number of thiophene rings is 1. The number of esters is 2. The van der Waals surface area contributed by atoms with Crippen LogP contribution in [0.2, 0.25) is 0 Å². The van der Waals surface area contributed by atoms with Crippen molar-refractivity contribution in [1.82, 2.24) is 4.90 Å². The molecule has 28 heavy (non-hydrogen) atoms. The van der Waals surface area contributed by atoms with Crippen LogP contribution in [-0.2, 0) is 31.9 Å². The van der Waals surface area contributed by atoms with Crippen molar-refractivity contribution in [2.45, 2.75) is 39.0 Å². The van der Waals surface area contributed by atoms with Crippen molar-refractivity contribution in [3.8, 4) is 0 Å². The molecule has 8 heteroatoms. The second-order valence-corrected chi connectivity index (χ2v) is 8.77. The molecule has 1 amide bonds. The van der Waals surface area contributed by atoms with E-state index < -0.39 is 0 Å². The first-order chi connectivity index (χ1) is 13.4. The summed E-state index contributed by atoms with van der Waals surface area (Å²) in [5, 5.41) is 3.53. The van der Waals surface area contributed by atoms with Gasteiger partial charge in [-0.25, -0.2) is 4.79 Å². The van der Waals surface area contributed by atoms with Crippen LogP contribution < -0.4 is 5.32 Å². The number of methoxy groups -OCH3 is 2. The van der Waals surface area contributed by atoms with E-state index in [9.17, 15) is 14.4 Å². The van der Waals surface area contributed by atoms with E-state index in [1.165, 1.54) is 30.4 Å². The minimum atomic E-state index is -0.388. The van der Waals surface area contributed by atoms with Gasteiger partial charge in [0.1, 0.15) is 5.00 Å². The van der Waals surface area contributed by atoms with Crippen molar-refractivity contribution < 1.29 is 23.9 Å². The molecule has 3 rings (SSSR count). The van der Waals surface area contributed by atoms with Crippen LogP contribution >= 0.6 is 11.3 Å². The topological polar surface area (TPSA) is 84.9 Å². The highest BCUT2D eigenvalue weighted by Gasteiger charge is 2.30. The molecular weight excluding hydrogens is 380 g/mol. The largest absolute Gasteiger partial charge is 0.469 e. The number of rotatable bonds is 5. The molecule has 0 bridgehead atoms. The van der Waals surface area contributed by atoms with Crippen LogP contribution in [0, 0.1) is 11.8 Å². The summed E-state index contributed by atoms with van der Waals surface area (Å²) in [5.74, 6) is -0.211. The van der Waals surface area contributed by atoms with Gasteiger partial charge in [0.05, 0.1) is 32.2 Å². The molecule has 0 radical (unpaired) electrons. The Labute approximate surface area is 169 Å². The summed E-state index contributed by atoms with van der Waals surface area (Å²) in [6.07, 6.45) is 4.20. The lowest BCUT2D eigenvalue weighted by molar-refractivity contribution is -0.147. The van der Waals surface area contributed by atoms with Gasteiger partial charge in [-0.15, -0.1) is 11.3 Å². The number of nitrogens with zero attached hydrogens (tertiary/aromatic N) is 1. The van der Waals surface area contributed by atoms with Gasteiger partial charge in [-0.2, -0.15) is 0 Å². The van der Waals surface area contributed by atoms with Crippen molar-refractivity contribution in [3.05, 3.63) is 16.0 Å². The summed E-state index contributed by atoms with van der Waals surface area (Å²) < 4.78 is 9.77. The van der Waals surface area contributed by atoms with Crippen LogP contribution in [0.5, 0.6) is 0 Å². The zero-order valence-corrected chi connectivity index (χ0v) is 17.5. The molecule has 1 aromatic rings. The van der Waals surface area contributed by atoms with E-state index in [2.05, 4.69) is 12.2 Å². The van der Waals surface area contributed by atoms with Crippen LogP contribution in [0.25, 0.3) is 0 Å². The number of anilines is 1. The average Bonchev–Trinajstić information content (AvgIpc) is 3.03. The summed E-state index contributed by atoms with van der Waals surface area (Å²) in [4.78, 5) is 39.8. The van der Waals surface area contributed by atoms with Crippen molar-refractivity contribution in [1.29, 1.82) is 0 Å². The molecule has 1 fully saturated rings. The molecule has 1 aliphatic carbocycles. The van der Waals surface area contributed by atoms with Gasteiger partial charge in [0, 0.05) is 4.88 Å². The molecule has 154 valence electrons. The van der Waals surface area contributed by atoms with Gasteiger partial charge in [0.15, 0.2) is 0 Å². The number of hydrogen-bond donors (Lipinski definition) is 1. The van der Waals surface area contributed by atoms with Gasteiger partial charge in [-0.05, 0) is 56.7 Å². The summed E-state index contributed by atoms with van der Waals surface area (Å²) in [6, 6.07) is 0. The van der Waals surface area contributed by atoms with E-state index in [4.69, 9.17) is 9.47 Å². The van der Waals surface area contributed by atoms with E-state index in [1.807, 2.05) is 4.90 Å². The second kappa shape index (κ2) is 9.05. The van der Waals surface area contributed by atoms with Crippen LogP contribution in [0.1, 0.15) is 47.0 Å². The summed E-state index contributed by atoms with van der Waals surface area (Å²) in [6.45, 7) is 3.80. The number of likely N-dealkylation sites (tertiary alicyclic amines) is 1. The highest BCUT2D eigenvalue weighted by molar-refractivity contribution is 7.17. The van der Waals surface area contributed by atoms with Crippen molar-refractivity contribution in [2.24, 2.45) is 11.8 Å². The third-order valence-corrected chi connectivity index (χ3v) is 6.81. The van der Waals surface area contributed by atoms with E-state index in [0.717, 1.165) is 24.8 Å². The first-order valence-corrected chi connectivity index (χ1v) is 10.6. The number of carbonyl (C=O) groups is 3. The molecule has 2 aliphatic rings. The standard InChI is InChI=1S/C20H28N2O5S/c1-12-4-5-14-15(10-12)28-18(17(14)20(25)27-3)21-16(23)11-22-8-6-13(7-9-22)19(24)26-2/h12-13H,4-11H2,1-3H3,(H,21,23)/t12-/m0/s1. The maximum atomic E-state index is 12.6. The molecule has 1 aromatic heterocycles. The van der Waals surface area contributed by atoms with Gasteiger partial charge in [0.2, 0.25) is 5.91 Å². The lowest BCUT2D eigenvalue weighted by atomic mass is 9.88. The van der Waals surface area contributed by atoms with Gasteiger partial charge >= 0.3 is 11.9 Å². The molecule has 2 heterocycles. The van der Waals surface area contributed by atoms with Gasteiger partial charge in [-0.1, -0.05) is 6.92 Å². The lowest BCUT2D eigenvalue weighted by Crippen LogP contribution is -2.41. The van der Waals surface area contributed by atoms with Gasteiger partial charge < -0.3 is 14.8 Å². The van der Waals surface area contributed by atoms with Crippen LogP contribution in [0.3, 0.4) is 0 Å². The first kappa shape index (κ1) is 20.8. The molecule has 0 spiro atoms. The smallest absolute Gasteiger partial charge is 0.341 e. The minimum Gasteiger partial charge on any atom is -0.469 e. The monoisotopic (exact) mass is 408 g/mol. The SMILES string of the molecule is COC(=O)c1c(NC(=O)CN2CCC(C(=O)OC)CC2)sc2c1CC[C@H](C)C2. The highest BCUT2D eigenvalue weighted by atomic mass is 32.1. The molecule has 0 saturated carbocycles. The quantitative estimate of drug-likeness (QED) is 0.754. The summed E-state index contributed by atoms with van der Waals surface area (Å²) in [7, 11) is 2.78. The van der Waals surface area contributed by atoms with E-state index >= 15 is 0 Å². The molecule has 7 nitrogen and oxygen atoms in total. The zero-order chi connectivity index (χ0) is 20.3. The van der Waals surface area contributed by atoms with E-state index in [-0.39, 0.29) is 30.3 Å². The van der Waals surface area contributed by atoms with Gasteiger partial charge in [0.25, 0.3) is 0 Å². The maximum absolute atomic E-state index is 12.6. The fraction of sp³-hybridized carbons (Fsp3) is 0.650. The highest BCUT2D eigenvalue weighted by Crippen LogP contribution is 2.40. The molecule has 1 saturated heterocycles. The molecule has 1 atom stereocenters. The molecule has 1 aliphatic heterocycles.